The lowest BCUT2D eigenvalue weighted by Gasteiger charge is -2.36. The van der Waals surface area contributed by atoms with Crippen molar-refractivity contribution in [2.24, 2.45) is 0 Å². The van der Waals surface area contributed by atoms with Crippen LogP contribution in [0.2, 0.25) is 0 Å². The molecule has 1 fully saturated rings. The Hall–Kier alpha value is -3.10. The SMILES string of the molecule is CCCCn1c(N)c(N(CC)CC(=O)N(Cc2ccc(F)cc2)C2CCCCC2)c(=O)[nH]c1=O. The second-order valence-electron chi connectivity index (χ2n) is 8.95. The maximum atomic E-state index is 13.6. The molecule has 1 aromatic heterocycles. The number of rotatable bonds is 10. The highest BCUT2D eigenvalue weighted by molar-refractivity contribution is 5.83. The van der Waals surface area contributed by atoms with Crippen molar-refractivity contribution in [3.63, 3.8) is 0 Å². The summed E-state index contributed by atoms with van der Waals surface area (Å²) >= 11 is 0. The zero-order valence-electron chi connectivity index (χ0n) is 20.2. The van der Waals surface area contributed by atoms with Crippen LogP contribution >= 0.6 is 0 Å². The van der Waals surface area contributed by atoms with Gasteiger partial charge in [-0.25, -0.2) is 9.18 Å². The van der Waals surface area contributed by atoms with Crippen LogP contribution < -0.4 is 21.9 Å². The van der Waals surface area contributed by atoms with Gasteiger partial charge in [-0.2, -0.15) is 0 Å². The number of carbonyl (C=O) groups is 1. The van der Waals surface area contributed by atoms with E-state index in [1.165, 1.54) is 16.7 Å². The summed E-state index contributed by atoms with van der Waals surface area (Å²) in [5.74, 6) is -0.355. The van der Waals surface area contributed by atoms with Crippen LogP contribution in [0, 0.1) is 5.82 Å². The highest BCUT2D eigenvalue weighted by Gasteiger charge is 2.28. The number of nitrogens with two attached hydrogens (primary N) is 1. The number of nitrogens with one attached hydrogen (secondary N) is 1. The summed E-state index contributed by atoms with van der Waals surface area (Å²) in [6, 6.07) is 6.29. The number of hydrogen-bond acceptors (Lipinski definition) is 5. The maximum absolute atomic E-state index is 13.6. The van der Waals surface area contributed by atoms with Gasteiger partial charge in [0.15, 0.2) is 0 Å². The van der Waals surface area contributed by atoms with Crippen molar-refractivity contribution >= 4 is 17.4 Å². The van der Waals surface area contributed by atoms with E-state index >= 15 is 0 Å². The number of amides is 1. The molecule has 1 aromatic carbocycles. The number of nitrogen functional groups attached to an aromatic ring is 1. The molecule has 0 unspecified atom stereocenters. The van der Waals surface area contributed by atoms with Gasteiger partial charge in [0.05, 0.1) is 6.54 Å². The van der Waals surface area contributed by atoms with Gasteiger partial charge in [0, 0.05) is 25.7 Å². The van der Waals surface area contributed by atoms with Gasteiger partial charge in [-0.3, -0.25) is 19.1 Å². The molecule has 0 aliphatic heterocycles. The fourth-order valence-corrected chi connectivity index (χ4v) is 4.62. The van der Waals surface area contributed by atoms with E-state index in [1.807, 2.05) is 18.7 Å². The minimum atomic E-state index is -0.590. The number of benzene rings is 1. The number of H-pyrrole nitrogens is 1. The molecule has 9 heteroatoms. The number of unbranched alkanes of at least 4 members (excludes halogenated alkanes) is 1. The van der Waals surface area contributed by atoms with Crippen LogP contribution in [0.15, 0.2) is 33.9 Å². The summed E-state index contributed by atoms with van der Waals surface area (Å²) in [4.78, 5) is 44.4. The van der Waals surface area contributed by atoms with Gasteiger partial charge in [-0.15, -0.1) is 0 Å². The lowest BCUT2D eigenvalue weighted by Crippen LogP contribution is -2.47. The third kappa shape index (κ3) is 6.07. The number of aromatic amines is 1. The molecular weight excluding hydrogens is 437 g/mol. The number of aromatic nitrogens is 2. The van der Waals surface area contributed by atoms with E-state index in [-0.39, 0.29) is 35.8 Å². The van der Waals surface area contributed by atoms with Crippen molar-refractivity contribution in [3.05, 3.63) is 56.5 Å². The summed E-state index contributed by atoms with van der Waals surface area (Å²) in [6.07, 6.45) is 6.73. The van der Waals surface area contributed by atoms with Crippen molar-refractivity contribution in [2.75, 3.05) is 23.7 Å². The molecule has 0 spiro atoms. The number of hydrogen-bond donors (Lipinski definition) is 2. The number of nitrogens with zero attached hydrogens (tertiary/aromatic N) is 3. The first-order valence-electron chi connectivity index (χ1n) is 12.3. The summed E-state index contributed by atoms with van der Waals surface area (Å²) in [6.45, 7) is 4.97. The van der Waals surface area contributed by atoms with Crippen LogP contribution in [0.1, 0.15) is 64.4 Å². The molecule has 0 bridgehead atoms. The predicted octanol–water partition coefficient (Wildman–Crippen LogP) is 3.25. The predicted molar refractivity (Wildman–Crippen MR) is 132 cm³/mol. The summed E-state index contributed by atoms with van der Waals surface area (Å²) < 4.78 is 14.8. The Labute approximate surface area is 199 Å². The van der Waals surface area contributed by atoms with Crippen LogP contribution in [0.5, 0.6) is 0 Å². The van der Waals surface area contributed by atoms with Crippen LogP contribution in [-0.4, -0.2) is 39.5 Å². The maximum Gasteiger partial charge on any atom is 0.330 e. The lowest BCUT2D eigenvalue weighted by atomic mass is 9.93. The first kappa shape index (κ1) is 25.5. The molecule has 1 saturated carbocycles. The average molecular weight is 474 g/mol. The number of carbonyl (C=O) groups excluding carboxylic acids is 1. The first-order valence-corrected chi connectivity index (χ1v) is 12.3. The molecule has 186 valence electrons. The van der Waals surface area contributed by atoms with E-state index in [2.05, 4.69) is 4.98 Å². The number of halogens is 1. The monoisotopic (exact) mass is 473 g/mol. The molecule has 2 aromatic rings. The lowest BCUT2D eigenvalue weighted by molar-refractivity contribution is -0.133. The summed E-state index contributed by atoms with van der Waals surface area (Å²) in [5.41, 5.74) is 6.15. The largest absolute Gasteiger partial charge is 0.383 e. The van der Waals surface area contributed by atoms with Crippen LogP contribution in [0.25, 0.3) is 0 Å². The second-order valence-corrected chi connectivity index (χ2v) is 8.95. The summed E-state index contributed by atoms with van der Waals surface area (Å²) in [7, 11) is 0. The van der Waals surface area contributed by atoms with Crippen molar-refractivity contribution < 1.29 is 9.18 Å². The van der Waals surface area contributed by atoms with E-state index in [0.29, 0.717) is 19.6 Å². The van der Waals surface area contributed by atoms with Crippen LogP contribution in [0.3, 0.4) is 0 Å². The fourth-order valence-electron chi connectivity index (χ4n) is 4.62. The zero-order chi connectivity index (χ0) is 24.7. The van der Waals surface area contributed by atoms with Gasteiger partial charge in [0.2, 0.25) is 5.91 Å². The molecule has 34 heavy (non-hydrogen) atoms. The molecular formula is C25H36FN5O3. The van der Waals surface area contributed by atoms with Gasteiger partial charge in [0.1, 0.15) is 17.3 Å². The first-order chi connectivity index (χ1) is 16.3. The zero-order valence-corrected chi connectivity index (χ0v) is 20.2. The minimum absolute atomic E-state index is 0.0343. The van der Waals surface area contributed by atoms with Gasteiger partial charge in [0.25, 0.3) is 5.56 Å². The Morgan fingerprint density at radius 2 is 1.82 bits per heavy atom. The van der Waals surface area contributed by atoms with Crippen molar-refractivity contribution in [1.29, 1.82) is 0 Å². The smallest absolute Gasteiger partial charge is 0.330 e. The van der Waals surface area contributed by atoms with Crippen LogP contribution in [-0.2, 0) is 17.9 Å². The third-order valence-corrected chi connectivity index (χ3v) is 6.58. The van der Waals surface area contributed by atoms with Gasteiger partial charge < -0.3 is 15.5 Å². The molecule has 3 N–H and O–H groups in total. The van der Waals surface area contributed by atoms with Gasteiger partial charge in [-0.1, -0.05) is 44.7 Å². The molecule has 8 nitrogen and oxygen atoms in total. The van der Waals surface area contributed by atoms with Crippen molar-refractivity contribution in [1.82, 2.24) is 14.5 Å². The highest BCUT2D eigenvalue weighted by Crippen LogP contribution is 2.25. The van der Waals surface area contributed by atoms with Crippen molar-refractivity contribution in [2.45, 2.75) is 77.9 Å². The molecule has 0 saturated heterocycles. The molecule has 1 amide bonds. The highest BCUT2D eigenvalue weighted by atomic mass is 19.1. The van der Waals surface area contributed by atoms with E-state index in [1.54, 1.807) is 17.0 Å². The molecule has 0 atom stereocenters. The van der Waals surface area contributed by atoms with E-state index < -0.39 is 11.2 Å². The van der Waals surface area contributed by atoms with E-state index in [9.17, 15) is 18.8 Å². The molecule has 1 aliphatic rings. The Balaban J connectivity index is 1.89. The summed E-state index contributed by atoms with van der Waals surface area (Å²) in [5, 5.41) is 0. The normalized spacial score (nSPS) is 14.2. The second kappa shape index (κ2) is 11.9. The van der Waals surface area contributed by atoms with E-state index in [0.717, 1.165) is 50.5 Å². The minimum Gasteiger partial charge on any atom is -0.383 e. The molecule has 1 aliphatic carbocycles. The van der Waals surface area contributed by atoms with Gasteiger partial charge >= 0.3 is 5.69 Å². The third-order valence-electron chi connectivity index (χ3n) is 6.58. The number of anilines is 2. The van der Waals surface area contributed by atoms with E-state index in [4.69, 9.17) is 5.73 Å². The average Bonchev–Trinajstić information content (AvgIpc) is 2.83. The molecule has 1 heterocycles. The quantitative estimate of drug-likeness (QED) is 0.551. The molecule has 3 rings (SSSR count). The van der Waals surface area contributed by atoms with Crippen molar-refractivity contribution in [3.8, 4) is 0 Å². The number of likely N-dealkylation sites (N-methyl/N-ethyl adjacent to an activating group) is 1. The topological polar surface area (TPSA) is 104 Å². The standard InChI is InChI=1S/C25H36FN5O3/c1-3-5-15-30-23(27)22(24(33)28-25(30)34)29(4-2)17-21(32)31(20-9-7-6-8-10-20)16-18-11-13-19(26)14-12-18/h11-14,20H,3-10,15-17,27H2,1-2H3,(H,28,33,34). The van der Waals surface area contributed by atoms with Gasteiger partial charge in [-0.05, 0) is 43.9 Å². The van der Waals surface area contributed by atoms with Crippen LogP contribution in [0.4, 0.5) is 15.9 Å². The molecule has 0 radical (unpaired) electrons. The Bertz CT molecular complexity index is 1070. The Morgan fingerprint density at radius 3 is 2.44 bits per heavy atom. The Kier molecular flexibility index (Phi) is 8.90. The fraction of sp³-hybridized carbons (Fsp3) is 0.560. The Morgan fingerprint density at radius 1 is 1.15 bits per heavy atom.